The van der Waals surface area contributed by atoms with Crippen LogP contribution in [-0.2, 0) is 11.2 Å². The van der Waals surface area contributed by atoms with E-state index >= 15 is 0 Å². The fourth-order valence-electron chi connectivity index (χ4n) is 4.05. The van der Waals surface area contributed by atoms with Gasteiger partial charge >= 0.3 is 0 Å². The zero-order valence-electron chi connectivity index (χ0n) is 21.9. The van der Waals surface area contributed by atoms with Gasteiger partial charge in [0.05, 0.1) is 12.6 Å². The number of carbonyl (C=O) groups excluding carboxylic acids is 1. The summed E-state index contributed by atoms with van der Waals surface area (Å²) >= 11 is 0. The average molecular weight is 497 g/mol. The highest BCUT2D eigenvalue weighted by Crippen LogP contribution is 2.41. The number of nitrogens with two attached hydrogens (primary N) is 1. The zero-order chi connectivity index (χ0) is 27.5. The van der Waals surface area contributed by atoms with E-state index in [1.54, 1.807) is 0 Å². The van der Waals surface area contributed by atoms with Gasteiger partial charge in [0.15, 0.2) is 23.0 Å². The minimum absolute atomic E-state index is 0.105. The quantitative estimate of drug-likeness (QED) is 0.382. The van der Waals surface area contributed by atoms with Gasteiger partial charge in [0.1, 0.15) is 0 Å². The van der Waals surface area contributed by atoms with Gasteiger partial charge in [-0.3, -0.25) is 4.79 Å². The molecule has 9 heteroatoms. The van der Waals surface area contributed by atoms with Crippen molar-refractivity contribution in [2.75, 3.05) is 26.4 Å². The summed E-state index contributed by atoms with van der Waals surface area (Å²) in [6, 6.07) is 2.85. The number of nitrogens with zero attached hydrogens (tertiary/aromatic N) is 5. The summed E-state index contributed by atoms with van der Waals surface area (Å²) in [6.45, 7) is 6.76. The van der Waals surface area contributed by atoms with Gasteiger partial charge in [-0.25, -0.2) is 14.4 Å². The molecule has 36 heavy (non-hydrogen) atoms. The van der Waals surface area contributed by atoms with Crippen molar-refractivity contribution < 1.29 is 13.9 Å². The number of fused-ring (bicyclic) bond motifs is 3. The molecule has 0 saturated heterocycles. The van der Waals surface area contributed by atoms with Crippen LogP contribution in [0.25, 0.3) is 16.6 Å². The lowest BCUT2D eigenvalue weighted by molar-refractivity contribution is -0.144. The Bertz CT molecular complexity index is 1190. The van der Waals surface area contributed by atoms with Crippen LogP contribution < -0.4 is 10.5 Å². The fraction of sp³-hybridized carbons (Fsp3) is 0.481. The maximum Gasteiger partial charge on any atom is 0.228 e. The number of carbonyl (C=O) groups is 1. The van der Waals surface area contributed by atoms with Crippen molar-refractivity contribution in [3.8, 4) is 31.4 Å². The molecule has 0 unspecified atom stereocenters. The third kappa shape index (κ3) is 6.42. The molecule has 3 aromatic rings. The van der Waals surface area contributed by atoms with Crippen LogP contribution in [0.3, 0.4) is 0 Å². The summed E-state index contributed by atoms with van der Waals surface area (Å²) in [7, 11) is 3.27. The smallest absolute Gasteiger partial charge is 0.228 e. The van der Waals surface area contributed by atoms with Crippen LogP contribution in [-0.4, -0.2) is 51.1 Å². The van der Waals surface area contributed by atoms with Crippen molar-refractivity contribution in [2.45, 2.75) is 59.3 Å². The van der Waals surface area contributed by atoms with Gasteiger partial charge in [0, 0.05) is 36.9 Å². The summed E-state index contributed by atoms with van der Waals surface area (Å²) in [4.78, 5) is 23.2. The number of rotatable bonds is 7. The van der Waals surface area contributed by atoms with Crippen LogP contribution in [0, 0.1) is 36.9 Å². The van der Waals surface area contributed by atoms with Gasteiger partial charge in [-0.15, -0.1) is 30.8 Å². The standard InChI is InChI=1S/C21H27FN6O2.C2H6.2C2H2/c1-21(8-6-9-21)19(29)27(2)10-5-4-7-17-25-18-13-11-14(22)16(30-3)12-15(13)24-20(23)28(18)26-17;3*1-2/h11-12H,4-10H2,1-3H3,(H2,23,24);1-2H3;2*1-2H. The maximum absolute atomic E-state index is 14.2. The lowest BCUT2D eigenvalue weighted by atomic mass is 9.69. The molecule has 1 fully saturated rings. The number of aromatic nitrogens is 4. The number of amides is 1. The number of benzene rings is 1. The lowest BCUT2D eigenvalue weighted by Crippen LogP contribution is -2.44. The molecule has 0 atom stereocenters. The van der Waals surface area contributed by atoms with Crippen LogP contribution in [0.15, 0.2) is 12.1 Å². The molecule has 4 rings (SSSR count). The van der Waals surface area contributed by atoms with E-state index in [0.29, 0.717) is 35.3 Å². The molecule has 0 spiro atoms. The van der Waals surface area contributed by atoms with Gasteiger partial charge in [-0.1, -0.05) is 27.2 Å². The molecular weight excluding hydrogens is 459 g/mol. The van der Waals surface area contributed by atoms with E-state index in [0.717, 1.165) is 32.1 Å². The number of unbranched alkanes of at least 4 members (excludes halogenated alkanes) is 1. The Morgan fingerprint density at radius 1 is 1.19 bits per heavy atom. The van der Waals surface area contributed by atoms with Crippen LogP contribution in [0.4, 0.5) is 10.3 Å². The van der Waals surface area contributed by atoms with Crippen molar-refractivity contribution in [3.63, 3.8) is 0 Å². The molecule has 1 aliphatic carbocycles. The molecule has 0 radical (unpaired) electrons. The van der Waals surface area contributed by atoms with E-state index in [1.165, 1.54) is 23.8 Å². The molecule has 1 amide bonds. The third-order valence-electron chi connectivity index (χ3n) is 6.08. The summed E-state index contributed by atoms with van der Waals surface area (Å²) in [5.41, 5.74) is 6.83. The summed E-state index contributed by atoms with van der Waals surface area (Å²) in [6.07, 6.45) is 21.4. The largest absolute Gasteiger partial charge is 0.494 e. The van der Waals surface area contributed by atoms with Crippen LogP contribution in [0.2, 0.25) is 0 Å². The predicted molar refractivity (Wildman–Crippen MR) is 143 cm³/mol. The molecule has 8 nitrogen and oxygen atoms in total. The Balaban J connectivity index is 0.00000101. The molecular formula is C27H37FN6O2. The maximum atomic E-state index is 14.2. The van der Waals surface area contributed by atoms with Gasteiger partial charge < -0.3 is 15.4 Å². The minimum atomic E-state index is -0.490. The lowest BCUT2D eigenvalue weighted by Gasteiger charge is -2.39. The number of methoxy groups -OCH3 is 1. The molecule has 1 aliphatic rings. The van der Waals surface area contributed by atoms with Crippen molar-refractivity contribution in [3.05, 3.63) is 23.8 Å². The van der Waals surface area contributed by atoms with Gasteiger partial charge in [-0.05, 0) is 31.7 Å². The highest BCUT2D eigenvalue weighted by Gasteiger charge is 2.40. The van der Waals surface area contributed by atoms with Gasteiger partial charge in [0.2, 0.25) is 11.9 Å². The number of nitrogen functional groups attached to an aromatic ring is 1. The second-order valence-electron chi connectivity index (χ2n) is 8.34. The normalized spacial score (nSPS) is 13.1. The Morgan fingerprint density at radius 2 is 1.83 bits per heavy atom. The zero-order valence-corrected chi connectivity index (χ0v) is 21.9. The topological polar surface area (TPSA) is 98.6 Å². The summed E-state index contributed by atoms with van der Waals surface area (Å²) in [5, 5.41) is 4.96. The molecule has 0 aliphatic heterocycles. The Kier molecular flexibility index (Phi) is 11.6. The average Bonchev–Trinajstić information content (AvgIpc) is 3.33. The Labute approximate surface area is 213 Å². The van der Waals surface area contributed by atoms with E-state index in [4.69, 9.17) is 10.5 Å². The third-order valence-corrected chi connectivity index (χ3v) is 6.08. The first-order chi connectivity index (χ1) is 17.3. The Morgan fingerprint density at radius 3 is 2.39 bits per heavy atom. The first kappa shape index (κ1) is 30.2. The van der Waals surface area contributed by atoms with E-state index in [-0.39, 0.29) is 23.0 Å². The monoisotopic (exact) mass is 496 g/mol. The molecule has 0 bridgehead atoms. The number of anilines is 1. The SMILES string of the molecule is C#C.C#C.CC.COc1cc2nc(N)n3nc(CCCCN(C)C(=O)C4(C)CCC4)nc3c2cc1F. The predicted octanol–water partition coefficient (Wildman–Crippen LogP) is 4.50. The second-order valence-corrected chi connectivity index (χ2v) is 8.34. The highest BCUT2D eigenvalue weighted by molar-refractivity contribution is 5.93. The van der Waals surface area contributed by atoms with Crippen molar-refractivity contribution in [1.82, 2.24) is 24.5 Å². The van der Waals surface area contributed by atoms with Crippen molar-refractivity contribution >= 4 is 28.4 Å². The number of ether oxygens (including phenoxy) is 1. The minimum Gasteiger partial charge on any atom is -0.494 e. The highest BCUT2D eigenvalue weighted by atomic mass is 19.1. The molecule has 194 valence electrons. The number of aryl methyl sites for hydroxylation is 1. The summed E-state index contributed by atoms with van der Waals surface area (Å²) in [5.74, 6) is 0.655. The van der Waals surface area contributed by atoms with E-state index in [9.17, 15) is 9.18 Å². The molecule has 2 aromatic heterocycles. The van der Waals surface area contributed by atoms with Crippen molar-refractivity contribution in [2.24, 2.45) is 5.41 Å². The number of hydrogen-bond acceptors (Lipinski definition) is 6. The first-order valence-corrected chi connectivity index (χ1v) is 11.9. The molecule has 2 heterocycles. The van der Waals surface area contributed by atoms with Crippen LogP contribution in [0.5, 0.6) is 5.75 Å². The van der Waals surface area contributed by atoms with Crippen LogP contribution in [0.1, 0.15) is 58.7 Å². The molecule has 1 aromatic carbocycles. The summed E-state index contributed by atoms with van der Waals surface area (Å²) < 4.78 is 20.6. The molecule has 1 saturated carbocycles. The fourth-order valence-corrected chi connectivity index (χ4v) is 4.05. The van der Waals surface area contributed by atoms with E-state index < -0.39 is 5.82 Å². The van der Waals surface area contributed by atoms with Gasteiger partial charge in [-0.2, -0.15) is 4.52 Å². The Hall–Kier alpha value is -3.85. The van der Waals surface area contributed by atoms with E-state index in [1.807, 2.05) is 25.8 Å². The number of hydrogen-bond donors (Lipinski definition) is 1. The number of halogens is 1. The second kappa shape index (κ2) is 13.9. The first-order valence-electron chi connectivity index (χ1n) is 11.9. The van der Waals surface area contributed by atoms with Crippen LogP contribution >= 0.6 is 0 Å². The molecule has 2 N–H and O–H groups in total. The van der Waals surface area contributed by atoms with Crippen molar-refractivity contribution in [1.29, 1.82) is 0 Å². The van der Waals surface area contributed by atoms with Gasteiger partial charge in [0.25, 0.3) is 0 Å². The van der Waals surface area contributed by atoms with E-state index in [2.05, 4.69) is 47.7 Å². The number of terminal acetylenes is 2.